The Balaban J connectivity index is 0.000000300. The van der Waals surface area contributed by atoms with Crippen LogP contribution in [0.2, 0.25) is 0 Å². The smallest absolute Gasteiger partial charge is 0.371 e. The predicted octanol–water partition coefficient (Wildman–Crippen LogP) is 2.01. The summed E-state index contributed by atoms with van der Waals surface area (Å²) in [5.74, 6) is -0.667. The Bertz CT molecular complexity index is 585. The van der Waals surface area contributed by atoms with Crippen molar-refractivity contribution in [3.05, 3.63) is 47.7 Å². The Labute approximate surface area is 138 Å². The normalized spacial score (nSPS) is 17.9. The molecule has 0 spiro atoms. The van der Waals surface area contributed by atoms with E-state index in [1.54, 1.807) is 0 Å². The number of amides is 1. The van der Waals surface area contributed by atoms with Gasteiger partial charge < -0.3 is 20.7 Å². The lowest BCUT2D eigenvalue weighted by molar-refractivity contribution is -0.156. The third-order valence-corrected chi connectivity index (χ3v) is 3.54. The van der Waals surface area contributed by atoms with Crippen molar-refractivity contribution in [3.63, 3.8) is 0 Å². The van der Waals surface area contributed by atoms with Crippen molar-refractivity contribution < 1.29 is 22.8 Å². The first kappa shape index (κ1) is 19.7. The SMILES string of the molecule is CN1C=CCC1C=O.CNC(c1ccc(C(N)=O)cc1)C(F)(F)F. The molecule has 132 valence electrons. The number of benzene rings is 1. The van der Waals surface area contributed by atoms with Gasteiger partial charge in [0, 0.05) is 12.6 Å². The molecule has 1 heterocycles. The van der Waals surface area contributed by atoms with E-state index in [0.717, 1.165) is 12.7 Å². The lowest BCUT2D eigenvalue weighted by atomic mass is 10.0. The number of primary amides is 1. The van der Waals surface area contributed by atoms with Gasteiger partial charge in [-0.15, -0.1) is 0 Å². The number of rotatable bonds is 4. The molecule has 0 bridgehead atoms. The second kappa shape index (κ2) is 8.49. The minimum absolute atomic E-state index is 0.0417. The number of hydrogen-bond acceptors (Lipinski definition) is 4. The number of nitrogens with two attached hydrogens (primary N) is 1. The molecule has 0 aliphatic carbocycles. The molecule has 0 fully saturated rings. The molecule has 1 amide bonds. The van der Waals surface area contributed by atoms with Gasteiger partial charge in [0.25, 0.3) is 0 Å². The van der Waals surface area contributed by atoms with Gasteiger partial charge in [0.1, 0.15) is 12.3 Å². The summed E-state index contributed by atoms with van der Waals surface area (Å²) in [5, 5.41) is 2.17. The van der Waals surface area contributed by atoms with Crippen LogP contribution in [0, 0.1) is 0 Å². The van der Waals surface area contributed by atoms with E-state index in [1.807, 2.05) is 24.2 Å². The Kier molecular flexibility index (Phi) is 6.97. The van der Waals surface area contributed by atoms with Crippen molar-refractivity contribution in [2.24, 2.45) is 5.73 Å². The summed E-state index contributed by atoms with van der Waals surface area (Å²) < 4.78 is 37.5. The third-order valence-electron chi connectivity index (χ3n) is 3.54. The molecule has 0 aromatic heterocycles. The highest BCUT2D eigenvalue weighted by Crippen LogP contribution is 2.32. The number of halogens is 3. The van der Waals surface area contributed by atoms with Crippen LogP contribution < -0.4 is 11.1 Å². The van der Waals surface area contributed by atoms with Gasteiger partial charge in [-0.2, -0.15) is 13.2 Å². The highest BCUT2D eigenvalue weighted by molar-refractivity contribution is 5.92. The molecule has 5 nitrogen and oxygen atoms in total. The van der Waals surface area contributed by atoms with Crippen molar-refractivity contribution >= 4 is 12.2 Å². The Morgan fingerprint density at radius 2 is 1.96 bits per heavy atom. The highest BCUT2D eigenvalue weighted by atomic mass is 19.4. The average molecular weight is 343 g/mol. The van der Waals surface area contributed by atoms with E-state index in [0.29, 0.717) is 0 Å². The van der Waals surface area contributed by atoms with Crippen LogP contribution in [0.15, 0.2) is 36.5 Å². The molecule has 1 aliphatic rings. The number of nitrogens with zero attached hydrogens (tertiary/aromatic N) is 1. The van der Waals surface area contributed by atoms with Crippen LogP contribution in [-0.2, 0) is 4.79 Å². The zero-order valence-electron chi connectivity index (χ0n) is 13.4. The van der Waals surface area contributed by atoms with E-state index >= 15 is 0 Å². The number of likely N-dealkylation sites (N-methyl/N-ethyl adjacent to an activating group) is 1. The number of carbonyl (C=O) groups excluding carboxylic acids is 2. The molecule has 0 saturated carbocycles. The van der Waals surface area contributed by atoms with E-state index in [-0.39, 0.29) is 17.2 Å². The maximum atomic E-state index is 12.5. The molecule has 1 aromatic carbocycles. The van der Waals surface area contributed by atoms with Crippen LogP contribution in [-0.4, -0.2) is 43.4 Å². The van der Waals surface area contributed by atoms with E-state index < -0.39 is 18.1 Å². The molecular formula is C16H20F3N3O2. The minimum atomic E-state index is -4.37. The summed E-state index contributed by atoms with van der Waals surface area (Å²) in [6.07, 6.45) is 1.40. The van der Waals surface area contributed by atoms with Crippen molar-refractivity contribution in [3.8, 4) is 0 Å². The molecule has 1 aromatic rings. The van der Waals surface area contributed by atoms with Crippen LogP contribution in [0.5, 0.6) is 0 Å². The third kappa shape index (κ3) is 5.38. The first-order valence-electron chi connectivity index (χ1n) is 7.18. The van der Waals surface area contributed by atoms with Gasteiger partial charge in [0.05, 0.1) is 6.04 Å². The highest BCUT2D eigenvalue weighted by Gasteiger charge is 2.39. The monoisotopic (exact) mass is 343 g/mol. The molecule has 24 heavy (non-hydrogen) atoms. The quantitative estimate of drug-likeness (QED) is 0.820. The van der Waals surface area contributed by atoms with Gasteiger partial charge in [-0.3, -0.25) is 4.79 Å². The Morgan fingerprint density at radius 3 is 2.25 bits per heavy atom. The predicted molar refractivity (Wildman–Crippen MR) is 84.2 cm³/mol. The number of alkyl halides is 3. The zero-order valence-corrected chi connectivity index (χ0v) is 13.4. The lowest BCUT2D eigenvalue weighted by Gasteiger charge is -2.19. The van der Waals surface area contributed by atoms with E-state index in [1.165, 1.54) is 31.3 Å². The molecule has 1 aliphatic heterocycles. The zero-order chi connectivity index (χ0) is 18.3. The van der Waals surface area contributed by atoms with Gasteiger partial charge in [-0.25, -0.2) is 0 Å². The maximum Gasteiger partial charge on any atom is 0.407 e. The van der Waals surface area contributed by atoms with Crippen molar-refractivity contribution in [1.82, 2.24) is 10.2 Å². The fourth-order valence-corrected chi connectivity index (χ4v) is 2.15. The van der Waals surface area contributed by atoms with Crippen molar-refractivity contribution in [1.29, 1.82) is 0 Å². The number of hydrogen-bond donors (Lipinski definition) is 2. The molecule has 2 rings (SSSR count). The van der Waals surface area contributed by atoms with E-state index in [9.17, 15) is 22.8 Å². The van der Waals surface area contributed by atoms with Crippen LogP contribution >= 0.6 is 0 Å². The summed E-state index contributed by atoms with van der Waals surface area (Å²) in [7, 11) is 3.13. The lowest BCUT2D eigenvalue weighted by Crippen LogP contribution is -2.31. The van der Waals surface area contributed by atoms with Gasteiger partial charge in [0.15, 0.2) is 0 Å². The van der Waals surface area contributed by atoms with E-state index in [2.05, 4.69) is 5.32 Å². The van der Waals surface area contributed by atoms with Crippen LogP contribution in [0.25, 0.3) is 0 Å². The molecule has 2 atom stereocenters. The molecule has 8 heteroatoms. The first-order valence-corrected chi connectivity index (χ1v) is 7.18. The van der Waals surface area contributed by atoms with Crippen LogP contribution in [0.4, 0.5) is 13.2 Å². The molecule has 3 N–H and O–H groups in total. The molecular weight excluding hydrogens is 323 g/mol. The average Bonchev–Trinajstić information content (AvgIpc) is 2.93. The fourth-order valence-electron chi connectivity index (χ4n) is 2.15. The number of nitrogens with one attached hydrogen (secondary N) is 1. The Morgan fingerprint density at radius 1 is 1.38 bits per heavy atom. The van der Waals surface area contributed by atoms with Crippen molar-refractivity contribution in [2.75, 3.05) is 14.1 Å². The second-order valence-electron chi connectivity index (χ2n) is 5.24. The second-order valence-corrected chi connectivity index (χ2v) is 5.24. The first-order chi connectivity index (χ1) is 11.2. The fraction of sp³-hybridized carbons (Fsp3) is 0.375. The molecule has 0 saturated heterocycles. The largest absolute Gasteiger partial charge is 0.407 e. The summed E-state index contributed by atoms with van der Waals surface area (Å²) in [6.45, 7) is 0. The summed E-state index contributed by atoms with van der Waals surface area (Å²) in [5.41, 5.74) is 5.20. The maximum absolute atomic E-state index is 12.5. The standard InChI is InChI=1S/C10H11F3N2O.C6H9NO/c1-15-8(10(11,12)13)6-2-4-7(5-3-6)9(14)16;1-7-4-2-3-6(7)5-8/h2-5,8,15H,1H3,(H2,14,16);2,4-6H,3H2,1H3. The molecule has 0 radical (unpaired) electrons. The van der Waals surface area contributed by atoms with Gasteiger partial charge >= 0.3 is 6.18 Å². The van der Waals surface area contributed by atoms with Crippen molar-refractivity contribution in [2.45, 2.75) is 24.7 Å². The summed E-state index contributed by atoms with van der Waals surface area (Å²) >= 11 is 0. The summed E-state index contributed by atoms with van der Waals surface area (Å²) in [4.78, 5) is 22.8. The van der Waals surface area contributed by atoms with E-state index in [4.69, 9.17) is 5.73 Å². The van der Waals surface area contributed by atoms with Crippen LogP contribution in [0.3, 0.4) is 0 Å². The summed E-state index contributed by atoms with van der Waals surface area (Å²) in [6, 6.07) is 3.37. The van der Waals surface area contributed by atoms with Gasteiger partial charge in [-0.05, 0) is 37.4 Å². The van der Waals surface area contributed by atoms with Crippen LogP contribution in [0.1, 0.15) is 28.4 Å². The van der Waals surface area contributed by atoms with Gasteiger partial charge in [-0.1, -0.05) is 18.2 Å². The Hall–Kier alpha value is -2.35. The van der Waals surface area contributed by atoms with Gasteiger partial charge in [0.2, 0.25) is 5.91 Å². The molecule has 2 unspecified atom stereocenters. The minimum Gasteiger partial charge on any atom is -0.371 e. The topological polar surface area (TPSA) is 75.4 Å². The number of carbonyl (C=O) groups is 2. The number of aldehydes is 1.